The minimum Gasteiger partial charge on any atom is -1.00 e. The molecule has 0 fully saturated rings. The van der Waals surface area contributed by atoms with E-state index in [1.54, 1.807) is 0 Å². The first-order valence-corrected chi connectivity index (χ1v) is 7.26. The molecule has 26 heteroatoms. The fourth-order valence-corrected chi connectivity index (χ4v) is 1.81. The molecule has 0 saturated heterocycles. The Morgan fingerprint density at radius 3 is 0.838 bits per heavy atom. The van der Waals surface area contributed by atoms with E-state index in [-0.39, 0.29) is 40.6 Å². The molecule has 0 atom stereocenters. The third-order valence-corrected chi connectivity index (χ3v) is 3.75. The molecule has 0 aromatic carbocycles. The average molecular weight is 639 g/mol. The van der Waals surface area contributed by atoms with Crippen LogP contribution in [0.15, 0.2) is 0 Å². The van der Waals surface area contributed by atoms with Crippen LogP contribution < -0.4 is 0 Å². The van der Waals surface area contributed by atoms with Crippen LogP contribution in [0.25, 0.3) is 0 Å². The maximum Gasteiger partial charge on any atom is 2.00 e. The Morgan fingerprint density at radius 1 is 0.459 bits per heavy atom. The van der Waals surface area contributed by atoms with E-state index in [0.717, 1.165) is 0 Å². The molecule has 1 N–H and O–H groups in total. The SMILES string of the molecule is O=C(O)C(F)(F)C(F)(F)N(C(F)(F)C(F)(F)C(F)(F)C(F)(F)F)C(F)(F)C(F)(F)C(F)(F)C(F)(F)F.[Ca+2].[H-].[H-]. The largest absolute Gasteiger partial charge is 2.00 e. The van der Waals surface area contributed by atoms with Crippen molar-refractivity contribution in [2.45, 2.75) is 60.1 Å². The number of carbonyl (C=O) groups is 1. The molecule has 37 heavy (non-hydrogen) atoms. The van der Waals surface area contributed by atoms with Gasteiger partial charge in [-0.15, -0.1) is 4.90 Å². The zero-order valence-corrected chi connectivity index (χ0v) is 18.0. The Kier molecular flexibility index (Phi) is 10.00. The number of hydrogen-bond donors (Lipinski definition) is 1. The fourth-order valence-electron chi connectivity index (χ4n) is 1.81. The van der Waals surface area contributed by atoms with Crippen molar-refractivity contribution in [1.82, 2.24) is 4.90 Å². The number of halogens is 22. The van der Waals surface area contributed by atoms with Gasteiger partial charge in [-0.2, -0.15) is 96.6 Å². The van der Waals surface area contributed by atoms with Crippen LogP contribution in [0.3, 0.4) is 0 Å². The number of carboxylic acids is 1. The van der Waals surface area contributed by atoms with E-state index in [1.807, 2.05) is 0 Å². The number of carboxylic acid groups (broad SMARTS) is 1. The smallest absolute Gasteiger partial charge is 1.00 e. The van der Waals surface area contributed by atoms with Gasteiger partial charge in [0.15, 0.2) is 0 Å². The molecule has 0 aliphatic carbocycles. The molecule has 220 valence electrons. The van der Waals surface area contributed by atoms with Gasteiger partial charge in [-0.3, -0.25) is 0 Å². The van der Waals surface area contributed by atoms with E-state index >= 15 is 0 Å². The van der Waals surface area contributed by atoms with E-state index in [1.165, 1.54) is 0 Å². The second-order valence-corrected chi connectivity index (χ2v) is 6.13. The van der Waals surface area contributed by atoms with Gasteiger partial charge >= 0.3 is 104 Å². The molecule has 0 radical (unpaired) electrons. The van der Waals surface area contributed by atoms with Gasteiger partial charge in [0.2, 0.25) is 0 Å². The maximum absolute atomic E-state index is 13.7. The summed E-state index contributed by atoms with van der Waals surface area (Å²) < 4.78 is 285. The zero-order chi connectivity index (χ0) is 30.2. The third kappa shape index (κ3) is 5.20. The Bertz CT molecular complexity index is 804. The first-order valence-electron chi connectivity index (χ1n) is 7.26. The standard InChI is InChI=1S/C11HF22NO2.Ca.2H/c12-2(13,1(35)36)9(28,29)34(10(30,31)5(18,19)3(14,15)7(22,23)24)11(32,33)6(20,21)4(16,17)8(25,26)27;;;/h(H,35,36);;;/q;+2;2*-1. The monoisotopic (exact) mass is 639 g/mol. The van der Waals surface area contributed by atoms with Gasteiger partial charge in [-0.25, -0.2) is 4.79 Å². The molecule has 0 saturated carbocycles. The zero-order valence-electron chi connectivity index (χ0n) is 17.8. The molecule has 0 aromatic rings. The predicted molar refractivity (Wildman–Crippen MR) is 69.1 cm³/mol. The van der Waals surface area contributed by atoms with Gasteiger partial charge in [0.05, 0.1) is 0 Å². The van der Waals surface area contributed by atoms with Gasteiger partial charge in [-0.1, -0.05) is 0 Å². The number of rotatable bonds is 9. The van der Waals surface area contributed by atoms with Crippen molar-refractivity contribution in [2.24, 2.45) is 0 Å². The summed E-state index contributed by atoms with van der Waals surface area (Å²) in [6.45, 7) is 0. The normalized spacial score (nSPS) is 16.1. The van der Waals surface area contributed by atoms with Crippen LogP contribution in [0.1, 0.15) is 2.85 Å². The van der Waals surface area contributed by atoms with Crippen LogP contribution in [0, 0.1) is 0 Å². The van der Waals surface area contributed by atoms with Crippen molar-refractivity contribution in [3.8, 4) is 0 Å². The molecular weight excluding hydrogens is 636 g/mol. The molecule has 0 aliphatic heterocycles. The molecule has 0 heterocycles. The summed E-state index contributed by atoms with van der Waals surface area (Å²) in [5.41, 5.74) is 0. The third-order valence-electron chi connectivity index (χ3n) is 3.75. The molecule has 3 nitrogen and oxygen atoms in total. The Morgan fingerprint density at radius 2 is 0.676 bits per heavy atom. The first kappa shape index (κ1) is 38.3. The van der Waals surface area contributed by atoms with Crippen LogP contribution in [-0.2, 0) is 4.79 Å². The first-order chi connectivity index (χ1) is 15.1. The Balaban J connectivity index is -0.00000204. The van der Waals surface area contributed by atoms with Crippen LogP contribution in [0.5, 0.6) is 0 Å². The summed E-state index contributed by atoms with van der Waals surface area (Å²) in [5.74, 6) is -48.5. The second kappa shape index (κ2) is 9.66. The molecule has 0 aromatic heterocycles. The van der Waals surface area contributed by atoms with Crippen molar-refractivity contribution in [2.75, 3.05) is 0 Å². The van der Waals surface area contributed by atoms with Crippen molar-refractivity contribution in [3.63, 3.8) is 0 Å². The minimum atomic E-state index is -9.33. The molecular formula is C11H3CaF22NO2. The summed E-state index contributed by atoms with van der Waals surface area (Å²) in [6, 6.07) is -27.5. The van der Waals surface area contributed by atoms with Gasteiger partial charge in [0.1, 0.15) is 0 Å². The molecule has 0 spiro atoms. The predicted octanol–water partition coefficient (Wildman–Crippen LogP) is 6.30. The van der Waals surface area contributed by atoms with Crippen molar-refractivity contribution < 1.29 is 109 Å². The van der Waals surface area contributed by atoms with Crippen LogP contribution in [-0.4, -0.2) is 114 Å². The van der Waals surface area contributed by atoms with E-state index in [2.05, 4.69) is 0 Å². The molecule has 0 aliphatic rings. The summed E-state index contributed by atoms with van der Waals surface area (Å²) in [6.07, 6.45) is -16.4. The van der Waals surface area contributed by atoms with Crippen molar-refractivity contribution in [3.05, 3.63) is 0 Å². The molecule has 0 rings (SSSR count). The van der Waals surface area contributed by atoms with Crippen LogP contribution >= 0.6 is 0 Å². The average Bonchev–Trinajstić information content (AvgIpc) is 2.57. The van der Waals surface area contributed by atoms with E-state index in [0.29, 0.717) is 0 Å². The fraction of sp³-hybridized carbons (Fsp3) is 0.909. The van der Waals surface area contributed by atoms with Gasteiger partial charge in [0.25, 0.3) is 0 Å². The van der Waals surface area contributed by atoms with Crippen LogP contribution in [0.2, 0.25) is 0 Å². The van der Waals surface area contributed by atoms with E-state index in [9.17, 15) is 101 Å². The van der Waals surface area contributed by atoms with E-state index in [4.69, 9.17) is 5.11 Å². The molecule has 0 bridgehead atoms. The summed E-state index contributed by atoms with van der Waals surface area (Å²) >= 11 is 0. The quantitative estimate of drug-likeness (QED) is 0.183. The molecule has 0 unspecified atom stereocenters. The number of alkyl halides is 22. The molecule has 0 amide bonds. The number of hydrogen-bond acceptors (Lipinski definition) is 2. The van der Waals surface area contributed by atoms with Crippen molar-refractivity contribution >= 4 is 43.7 Å². The van der Waals surface area contributed by atoms with E-state index < -0.39 is 71.0 Å². The number of nitrogens with zero attached hydrogens (tertiary/aromatic N) is 1. The second-order valence-electron chi connectivity index (χ2n) is 6.13. The van der Waals surface area contributed by atoms with Gasteiger partial charge < -0.3 is 7.96 Å². The van der Waals surface area contributed by atoms with Crippen molar-refractivity contribution in [1.29, 1.82) is 0 Å². The summed E-state index contributed by atoms with van der Waals surface area (Å²) in [4.78, 5) is 4.48. The van der Waals surface area contributed by atoms with Gasteiger partial charge in [-0.05, 0) is 0 Å². The summed E-state index contributed by atoms with van der Waals surface area (Å²) in [7, 11) is 0. The summed E-state index contributed by atoms with van der Waals surface area (Å²) in [5, 5.41) is 7.76. The Labute approximate surface area is 218 Å². The maximum atomic E-state index is 13.7. The Hall–Kier alpha value is -0.850. The minimum absolute atomic E-state index is 0. The topological polar surface area (TPSA) is 40.5 Å². The number of aliphatic carboxylic acids is 1. The van der Waals surface area contributed by atoms with Crippen LogP contribution in [0.4, 0.5) is 96.6 Å². The van der Waals surface area contributed by atoms with Gasteiger partial charge in [0, 0.05) is 0 Å².